The van der Waals surface area contributed by atoms with E-state index in [0.717, 1.165) is 22.8 Å². The number of rotatable bonds is 2. The smallest absolute Gasteiger partial charge is 0.131 e. The molecule has 0 unspecified atom stereocenters. The van der Waals surface area contributed by atoms with Gasteiger partial charge in [-0.3, -0.25) is 4.68 Å². The second-order valence-electron chi connectivity index (χ2n) is 4.31. The molecule has 0 saturated carbocycles. The molecule has 0 aliphatic heterocycles. The zero-order chi connectivity index (χ0) is 11.7. The molecule has 0 radical (unpaired) electrons. The average molecular weight is 216 g/mol. The highest BCUT2D eigenvalue weighted by Gasteiger charge is 2.08. The minimum Gasteiger partial charge on any atom is -0.275 e. The quantitative estimate of drug-likeness (QED) is 0.773. The molecule has 0 fully saturated rings. The van der Waals surface area contributed by atoms with Crippen LogP contribution in [0.1, 0.15) is 31.3 Å². The van der Waals surface area contributed by atoms with Crippen molar-refractivity contribution in [2.45, 2.75) is 26.7 Å². The molecule has 0 aliphatic rings. The molecule has 16 heavy (non-hydrogen) atoms. The van der Waals surface area contributed by atoms with Gasteiger partial charge in [-0.05, 0) is 13.0 Å². The summed E-state index contributed by atoms with van der Waals surface area (Å²) >= 11 is 0. The zero-order valence-corrected chi connectivity index (χ0v) is 10.1. The van der Waals surface area contributed by atoms with Crippen LogP contribution in [0.3, 0.4) is 0 Å². The van der Waals surface area contributed by atoms with Crippen LogP contribution in [0.15, 0.2) is 18.5 Å². The van der Waals surface area contributed by atoms with Crippen LogP contribution in [0.25, 0.3) is 11.3 Å². The van der Waals surface area contributed by atoms with Crippen LogP contribution in [0, 0.1) is 6.92 Å². The minimum absolute atomic E-state index is 0.343. The van der Waals surface area contributed by atoms with Gasteiger partial charge in [0.25, 0.3) is 0 Å². The Morgan fingerprint density at radius 2 is 2.00 bits per heavy atom. The number of nitrogens with zero attached hydrogens (tertiary/aromatic N) is 4. The number of hydrogen-bond donors (Lipinski definition) is 0. The van der Waals surface area contributed by atoms with E-state index in [0.29, 0.717) is 5.92 Å². The fraction of sp³-hybridized carbons (Fsp3) is 0.417. The molecule has 0 saturated heterocycles. The van der Waals surface area contributed by atoms with E-state index in [-0.39, 0.29) is 0 Å². The molecule has 0 bridgehead atoms. The van der Waals surface area contributed by atoms with Gasteiger partial charge in [0.2, 0.25) is 0 Å². The average Bonchev–Trinajstić information content (AvgIpc) is 2.64. The van der Waals surface area contributed by atoms with Gasteiger partial charge in [0.05, 0.1) is 11.9 Å². The summed E-state index contributed by atoms with van der Waals surface area (Å²) in [5.41, 5.74) is 2.98. The van der Waals surface area contributed by atoms with Gasteiger partial charge in [-0.15, -0.1) is 0 Å². The van der Waals surface area contributed by atoms with Crippen LogP contribution in [0.4, 0.5) is 0 Å². The van der Waals surface area contributed by atoms with Gasteiger partial charge >= 0.3 is 0 Å². The van der Waals surface area contributed by atoms with Gasteiger partial charge in [-0.2, -0.15) is 5.10 Å². The topological polar surface area (TPSA) is 43.6 Å². The number of hydrogen-bond acceptors (Lipinski definition) is 3. The molecule has 4 nitrogen and oxygen atoms in total. The highest BCUT2D eigenvalue weighted by Crippen LogP contribution is 2.19. The predicted molar refractivity (Wildman–Crippen MR) is 63.1 cm³/mol. The lowest BCUT2D eigenvalue weighted by Gasteiger charge is -2.06. The first kappa shape index (κ1) is 10.8. The largest absolute Gasteiger partial charge is 0.275 e. The summed E-state index contributed by atoms with van der Waals surface area (Å²) in [6.07, 6.45) is 3.79. The fourth-order valence-corrected chi connectivity index (χ4v) is 1.55. The van der Waals surface area contributed by atoms with Gasteiger partial charge in [-0.1, -0.05) is 13.8 Å². The summed E-state index contributed by atoms with van der Waals surface area (Å²) in [6, 6.07) is 1.99. The lowest BCUT2D eigenvalue weighted by atomic mass is 10.1. The van der Waals surface area contributed by atoms with Crippen molar-refractivity contribution < 1.29 is 0 Å². The normalized spacial score (nSPS) is 11.1. The van der Waals surface area contributed by atoms with E-state index in [4.69, 9.17) is 0 Å². The summed E-state index contributed by atoms with van der Waals surface area (Å²) in [7, 11) is 1.90. The molecule has 0 amide bonds. The first-order valence-corrected chi connectivity index (χ1v) is 5.41. The van der Waals surface area contributed by atoms with Crippen molar-refractivity contribution in [1.29, 1.82) is 0 Å². The standard InChI is InChI=1S/C12H16N4/c1-8(2)12-14-9(3)5-11(15-12)10-6-13-16(4)7-10/h5-8H,1-4H3. The molecule has 84 valence electrons. The summed E-state index contributed by atoms with van der Waals surface area (Å²) in [5, 5.41) is 4.15. The molecule has 2 aromatic heterocycles. The van der Waals surface area contributed by atoms with Crippen molar-refractivity contribution in [2.75, 3.05) is 0 Å². The fourth-order valence-electron chi connectivity index (χ4n) is 1.55. The van der Waals surface area contributed by atoms with Gasteiger partial charge in [-0.25, -0.2) is 9.97 Å². The first-order valence-electron chi connectivity index (χ1n) is 5.41. The van der Waals surface area contributed by atoms with E-state index >= 15 is 0 Å². The molecule has 0 N–H and O–H groups in total. The molecule has 2 heterocycles. The Morgan fingerprint density at radius 3 is 2.56 bits per heavy atom. The molecule has 0 spiro atoms. The van der Waals surface area contributed by atoms with E-state index in [1.807, 2.05) is 32.4 Å². The van der Waals surface area contributed by atoms with Crippen LogP contribution in [-0.4, -0.2) is 19.7 Å². The molecule has 0 atom stereocenters. The van der Waals surface area contributed by atoms with Crippen molar-refractivity contribution in [3.8, 4) is 11.3 Å². The van der Waals surface area contributed by atoms with Crippen LogP contribution in [0.5, 0.6) is 0 Å². The zero-order valence-electron chi connectivity index (χ0n) is 10.1. The molecule has 2 aromatic rings. The maximum atomic E-state index is 4.55. The summed E-state index contributed by atoms with van der Waals surface area (Å²) in [6.45, 7) is 6.19. The third kappa shape index (κ3) is 2.10. The first-order chi connectivity index (χ1) is 7.56. The Morgan fingerprint density at radius 1 is 1.25 bits per heavy atom. The number of aryl methyl sites for hydroxylation is 2. The molecule has 0 aromatic carbocycles. The molecular formula is C12H16N4. The maximum absolute atomic E-state index is 4.55. The van der Waals surface area contributed by atoms with Crippen LogP contribution < -0.4 is 0 Å². The van der Waals surface area contributed by atoms with E-state index in [1.54, 1.807) is 4.68 Å². The predicted octanol–water partition coefficient (Wildman–Crippen LogP) is 2.31. The van der Waals surface area contributed by atoms with E-state index < -0.39 is 0 Å². The van der Waals surface area contributed by atoms with Crippen molar-refractivity contribution >= 4 is 0 Å². The second kappa shape index (κ2) is 4.04. The SMILES string of the molecule is Cc1cc(-c2cnn(C)c2)nc(C(C)C)n1. The Balaban J connectivity index is 2.49. The third-order valence-corrected chi connectivity index (χ3v) is 2.39. The Labute approximate surface area is 95.4 Å². The Bertz CT molecular complexity index is 499. The van der Waals surface area contributed by atoms with Crippen molar-refractivity contribution in [1.82, 2.24) is 19.7 Å². The third-order valence-electron chi connectivity index (χ3n) is 2.39. The summed E-state index contributed by atoms with van der Waals surface area (Å²) < 4.78 is 1.78. The van der Waals surface area contributed by atoms with Gasteiger partial charge in [0.15, 0.2) is 0 Å². The second-order valence-corrected chi connectivity index (χ2v) is 4.31. The van der Waals surface area contributed by atoms with Crippen LogP contribution in [-0.2, 0) is 7.05 Å². The highest BCUT2D eigenvalue weighted by molar-refractivity contribution is 5.57. The van der Waals surface area contributed by atoms with E-state index in [1.165, 1.54) is 0 Å². The molecule has 4 heteroatoms. The van der Waals surface area contributed by atoms with Crippen molar-refractivity contribution in [2.24, 2.45) is 7.05 Å². The lowest BCUT2D eigenvalue weighted by molar-refractivity contribution is 0.766. The monoisotopic (exact) mass is 216 g/mol. The van der Waals surface area contributed by atoms with Crippen LogP contribution in [0.2, 0.25) is 0 Å². The van der Waals surface area contributed by atoms with Crippen molar-refractivity contribution in [3.05, 3.63) is 30.0 Å². The van der Waals surface area contributed by atoms with Gasteiger partial charge < -0.3 is 0 Å². The highest BCUT2D eigenvalue weighted by atomic mass is 15.2. The lowest BCUT2D eigenvalue weighted by Crippen LogP contribution is -2.00. The van der Waals surface area contributed by atoms with Gasteiger partial charge in [0, 0.05) is 30.4 Å². The van der Waals surface area contributed by atoms with Gasteiger partial charge in [0.1, 0.15) is 5.82 Å². The maximum Gasteiger partial charge on any atom is 0.131 e. The Hall–Kier alpha value is -1.71. The van der Waals surface area contributed by atoms with Crippen molar-refractivity contribution in [3.63, 3.8) is 0 Å². The molecule has 2 rings (SSSR count). The van der Waals surface area contributed by atoms with Crippen LogP contribution >= 0.6 is 0 Å². The Kier molecular flexibility index (Phi) is 2.73. The minimum atomic E-state index is 0.343. The van der Waals surface area contributed by atoms with E-state index in [2.05, 4.69) is 28.9 Å². The molecular weight excluding hydrogens is 200 g/mol. The molecule has 0 aliphatic carbocycles. The van der Waals surface area contributed by atoms with E-state index in [9.17, 15) is 0 Å². The summed E-state index contributed by atoms with van der Waals surface area (Å²) in [4.78, 5) is 8.98. The number of aromatic nitrogens is 4. The summed E-state index contributed by atoms with van der Waals surface area (Å²) in [5.74, 6) is 1.23.